The summed E-state index contributed by atoms with van der Waals surface area (Å²) in [5.74, 6) is 0. The summed E-state index contributed by atoms with van der Waals surface area (Å²) in [6, 6.07) is -3.46. The molecule has 0 unspecified atom stereocenters. The van der Waals surface area contributed by atoms with Gasteiger partial charge in [0.15, 0.2) is 0 Å². The van der Waals surface area contributed by atoms with Crippen LogP contribution in [0.5, 0.6) is 0 Å². The number of rotatable bonds is 2. The van der Waals surface area contributed by atoms with Crippen molar-refractivity contribution >= 4 is 0 Å². The van der Waals surface area contributed by atoms with Crippen LogP contribution >= 0.6 is 0 Å². The van der Waals surface area contributed by atoms with Crippen LogP contribution in [0.25, 0.3) is 10.4 Å². The monoisotopic (exact) mass is 133 g/mol. The lowest BCUT2D eigenvalue weighted by molar-refractivity contribution is 0.00404. The molecular weight excluding hydrogens is 132 g/mol. The quantitative estimate of drug-likeness (QED) is 0.238. The Labute approximate surface area is 48.0 Å². The number of nitrogens with zero attached hydrogens (tertiary/aromatic N) is 5. The predicted molar refractivity (Wildman–Crippen MR) is 22.7 cm³/mol. The number of halogens is 2. The van der Waals surface area contributed by atoms with Gasteiger partial charge in [0.05, 0.1) is 0 Å². The number of hydrogen-bond acceptors (Lipinski definition) is 3. The van der Waals surface area contributed by atoms with Crippen LogP contribution in [-0.2, 0) is 0 Å². The van der Waals surface area contributed by atoms with Crippen molar-refractivity contribution in [3.63, 3.8) is 0 Å². The molecule has 0 atom stereocenters. The van der Waals surface area contributed by atoms with Gasteiger partial charge < -0.3 is 0 Å². The number of hydrogen-bond donors (Lipinski definition) is 0. The van der Waals surface area contributed by atoms with E-state index in [2.05, 4.69) is 15.3 Å². The van der Waals surface area contributed by atoms with E-state index in [9.17, 15) is 8.78 Å². The van der Waals surface area contributed by atoms with E-state index in [1.807, 2.05) is 4.91 Å². The highest BCUT2D eigenvalue weighted by molar-refractivity contribution is 4.84. The van der Waals surface area contributed by atoms with Crippen molar-refractivity contribution in [2.24, 2.45) is 15.3 Å². The SMILES string of the molecule is [N-]=[N+]=NC(F)(F)C1N=N1. The van der Waals surface area contributed by atoms with Gasteiger partial charge in [-0.3, -0.25) is 0 Å². The van der Waals surface area contributed by atoms with Crippen LogP contribution in [0.15, 0.2) is 15.3 Å². The van der Waals surface area contributed by atoms with Crippen LogP contribution in [0.1, 0.15) is 0 Å². The van der Waals surface area contributed by atoms with E-state index in [1.165, 1.54) is 0 Å². The third kappa shape index (κ3) is 1.11. The molecule has 1 aliphatic rings. The van der Waals surface area contributed by atoms with Gasteiger partial charge in [0, 0.05) is 4.91 Å². The maximum absolute atomic E-state index is 12.0. The average molecular weight is 133 g/mol. The Hall–Kier alpha value is -1.23. The maximum Gasteiger partial charge on any atom is 0.370 e. The Bertz CT molecular complexity index is 185. The zero-order chi connectivity index (χ0) is 6.91. The first-order chi connectivity index (χ1) is 4.17. The highest BCUT2D eigenvalue weighted by atomic mass is 19.3. The summed E-state index contributed by atoms with van der Waals surface area (Å²) in [7, 11) is 0. The van der Waals surface area contributed by atoms with Gasteiger partial charge in [-0.05, 0) is 10.6 Å². The van der Waals surface area contributed by atoms with Crippen molar-refractivity contribution < 1.29 is 8.78 Å². The molecule has 7 heteroatoms. The summed E-state index contributed by atoms with van der Waals surface area (Å²) in [4.78, 5) is 1.92. The lowest BCUT2D eigenvalue weighted by atomic mass is 10.5. The molecule has 0 aliphatic carbocycles. The van der Waals surface area contributed by atoms with Crippen LogP contribution in [0.2, 0.25) is 0 Å². The topological polar surface area (TPSA) is 73.5 Å². The second kappa shape index (κ2) is 1.63. The molecule has 0 amide bonds. The van der Waals surface area contributed by atoms with Gasteiger partial charge in [-0.2, -0.15) is 19.0 Å². The van der Waals surface area contributed by atoms with E-state index in [4.69, 9.17) is 5.53 Å². The van der Waals surface area contributed by atoms with Gasteiger partial charge in [0.25, 0.3) is 0 Å². The molecule has 0 fully saturated rings. The Balaban J connectivity index is 2.60. The summed E-state index contributed by atoms with van der Waals surface area (Å²) in [6.45, 7) is 0. The van der Waals surface area contributed by atoms with Crippen LogP contribution in [0, 0.1) is 0 Å². The predicted octanol–water partition coefficient (Wildman–Crippen LogP) is 1.68. The lowest BCUT2D eigenvalue weighted by Gasteiger charge is -2.00. The fourth-order valence-electron chi connectivity index (χ4n) is 0.284. The minimum absolute atomic E-state index is 1.44. The van der Waals surface area contributed by atoms with Gasteiger partial charge in [0.1, 0.15) is 0 Å². The smallest absolute Gasteiger partial charge is 0.195 e. The van der Waals surface area contributed by atoms with Crippen molar-refractivity contribution in [3.8, 4) is 0 Å². The summed E-state index contributed by atoms with van der Waals surface area (Å²) < 4.78 is 24.0. The van der Waals surface area contributed by atoms with Crippen molar-refractivity contribution in [2.45, 2.75) is 12.2 Å². The molecule has 0 aromatic heterocycles. The molecule has 1 heterocycles. The summed E-state index contributed by atoms with van der Waals surface area (Å²) >= 11 is 0. The van der Waals surface area contributed by atoms with Crippen LogP contribution < -0.4 is 0 Å². The molecule has 0 saturated carbocycles. The van der Waals surface area contributed by atoms with E-state index in [0.717, 1.165) is 0 Å². The van der Waals surface area contributed by atoms with Crippen LogP contribution in [-0.4, -0.2) is 12.2 Å². The third-order valence-electron chi connectivity index (χ3n) is 0.720. The second-order valence-electron chi connectivity index (χ2n) is 1.38. The van der Waals surface area contributed by atoms with Gasteiger partial charge in [0.2, 0.25) is 6.17 Å². The molecule has 0 radical (unpaired) electrons. The van der Waals surface area contributed by atoms with Gasteiger partial charge in [-0.1, -0.05) is 0 Å². The van der Waals surface area contributed by atoms with Crippen LogP contribution in [0.3, 0.4) is 0 Å². The Morgan fingerprint density at radius 1 is 1.56 bits per heavy atom. The Morgan fingerprint density at radius 3 is 2.44 bits per heavy atom. The lowest BCUT2D eigenvalue weighted by Crippen LogP contribution is -2.19. The molecule has 0 aromatic carbocycles. The third-order valence-corrected chi connectivity index (χ3v) is 0.720. The number of azide groups is 1. The van der Waals surface area contributed by atoms with Gasteiger partial charge in [-0.25, -0.2) is 0 Å². The van der Waals surface area contributed by atoms with Crippen molar-refractivity contribution in [1.29, 1.82) is 0 Å². The van der Waals surface area contributed by atoms with Crippen molar-refractivity contribution in [2.75, 3.05) is 0 Å². The molecule has 1 aliphatic heterocycles. The molecule has 0 bridgehead atoms. The van der Waals surface area contributed by atoms with E-state index in [1.54, 1.807) is 0 Å². The van der Waals surface area contributed by atoms with Crippen molar-refractivity contribution in [1.82, 2.24) is 0 Å². The Kier molecular flexibility index (Phi) is 1.07. The van der Waals surface area contributed by atoms with Gasteiger partial charge >= 0.3 is 6.05 Å². The minimum Gasteiger partial charge on any atom is -0.195 e. The molecule has 0 aromatic rings. The average Bonchev–Trinajstić information content (AvgIpc) is 2.41. The molecule has 0 N–H and O–H groups in total. The van der Waals surface area contributed by atoms with Crippen LogP contribution in [0.4, 0.5) is 8.78 Å². The summed E-state index contributed by atoms with van der Waals surface area (Å²) in [5.41, 5.74) is 7.57. The van der Waals surface area contributed by atoms with E-state index < -0.39 is 12.2 Å². The molecular formula is C2HF2N5. The summed E-state index contributed by atoms with van der Waals surface area (Å²) in [6.07, 6.45) is -1.44. The largest absolute Gasteiger partial charge is 0.370 e. The fourth-order valence-corrected chi connectivity index (χ4v) is 0.284. The molecule has 0 spiro atoms. The molecule has 5 nitrogen and oxygen atoms in total. The maximum atomic E-state index is 12.0. The molecule has 0 saturated heterocycles. The first kappa shape index (κ1) is 5.90. The van der Waals surface area contributed by atoms with Crippen molar-refractivity contribution in [3.05, 3.63) is 10.4 Å². The zero-order valence-electron chi connectivity index (χ0n) is 4.07. The minimum atomic E-state index is -3.46. The van der Waals surface area contributed by atoms with E-state index in [0.29, 0.717) is 0 Å². The molecule has 48 valence electrons. The zero-order valence-corrected chi connectivity index (χ0v) is 4.07. The second-order valence-corrected chi connectivity index (χ2v) is 1.38. The first-order valence-electron chi connectivity index (χ1n) is 2.01. The first-order valence-corrected chi connectivity index (χ1v) is 2.01. The van der Waals surface area contributed by atoms with E-state index in [-0.39, 0.29) is 0 Å². The summed E-state index contributed by atoms with van der Waals surface area (Å²) in [5, 5.41) is 7.98. The molecule has 9 heavy (non-hydrogen) atoms. The van der Waals surface area contributed by atoms with Gasteiger partial charge in [-0.15, -0.1) is 0 Å². The fraction of sp³-hybridized carbons (Fsp3) is 1.00. The number of alkyl halides is 2. The van der Waals surface area contributed by atoms with E-state index >= 15 is 0 Å². The highest BCUT2D eigenvalue weighted by Crippen LogP contribution is 2.31. The highest BCUT2D eigenvalue weighted by Gasteiger charge is 2.45. The normalized spacial score (nSPS) is 17.1. The standard InChI is InChI=1S/C2HF2N5/c3-2(4,8-9-5)1-6-7-1/h1H. The Morgan fingerprint density at radius 2 is 2.11 bits per heavy atom. The molecule has 1 rings (SSSR count).